The summed E-state index contributed by atoms with van der Waals surface area (Å²) in [6.07, 6.45) is 4.00. The van der Waals surface area contributed by atoms with Gasteiger partial charge in [-0.25, -0.2) is 14.8 Å². The molecule has 3 aliphatic heterocycles. The lowest BCUT2D eigenvalue weighted by atomic mass is 9.94. The van der Waals surface area contributed by atoms with Gasteiger partial charge in [0.25, 0.3) is 0 Å². The summed E-state index contributed by atoms with van der Waals surface area (Å²) in [5, 5.41) is 6.48. The number of urea groups is 1. The van der Waals surface area contributed by atoms with Crippen molar-refractivity contribution in [3.8, 4) is 0 Å². The van der Waals surface area contributed by atoms with Crippen LogP contribution in [0.1, 0.15) is 26.7 Å². The number of nitrogens with zero attached hydrogens (tertiary/aromatic N) is 4. The first-order chi connectivity index (χ1) is 12.6. The molecular formula is C18H28N6O2. The van der Waals surface area contributed by atoms with Crippen LogP contribution >= 0.6 is 0 Å². The third kappa shape index (κ3) is 3.42. The number of carbonyl (C=O) groups excluding carboxylic acids is 1. The maximum atomic E-state index is 11.8. The number of fused-ring (bicyclic) bond motifs is 1. The first-order valence-corrected chi connectivity index (χ1v) is 9.61. The minimum Gasteiger partial charge on any atom is -0.376 e. The Bertz CT molecular complexity index is 654. The second-order valence-corrected chi connectivity index (χ2v) is 7.71. The topological polar surface area (TPSA) is 82.6 Å². The number of hydrogen-bond donors (Lipinski definition) is 2. The van der Waals surface area contributed by atoms with Gasteiger partial charge in [-0.3, -0.25) is 0 Å². The number of rotatable bonds is 4. The molecule has 3 fully saturated rings. The predicted octanol–water partition coefficient (Wildman–Crippen LogP) is 1.31. The van der Waals surface area contributed by atoms with E-state index in [9.17, 15) is 4.79 Å². The fourth-order valence-electron chi connectivity index (χ4n) is 4.22. The maximum Gasteiger partial charge on any atom is 0.317 e. The molecule has 1 aromatic heterocycles. The van der Waals surface area contributed by atoms with Gasteiger partial charge in [0.1, 0.15) is 18.0 Å². The van der Waals surface area contributed by atoms with Crippen molar-refractivity contribution in [2.24, 2.45) is 5.92 Å². The lowest BCUT2D eigenvalue weighted by Gasteiger charge is -2.37. The van der Waals surface area contributed by atoms with Gasteiger partial charge in [-0.15, -0.1) is 0 Å². The first-order valence-electron chi connectivity index (χ1n) is 9.61. The lowest BCUT2D eigenvalue weighted by molar-refractivity contribution is -0.0203. The molecule has 0 radical (unpaired) electrons. The van der Waals surface area contributed by atoms with Gasteiger partial charge in [-0.2, -0.15) is 0 Å². The number of amides is 2. The molecule has 3 atom stereocenters. The molecule has 3 aliphatic rings. The molecule has 3 unspecified atom stereocenters. The van der Waals surface area contributed by atoms with Crippen molar-refractivity contribution >= 4 is 17.7 Å². The van der Waals surface area contributed by atoms with Crippen LogP contribution in [-0.2, 0) is 4.74 Å². The molecule has 4 rings (SSSR count). The van der Waals surface area contributed by atoms with Gasteiger partial charge in [0.05, 0.1) is 18.2 Å². The van der Waals surface area contributed by atoms with Gasteiger partial charge >= 0.3 is 6.03 Å². The van der Waals surface area contributed by atoms with Gasteiger partial charge in [-0.05, 0) is 18.8 Å². The van der Waals surface area contributed by atoms with E-state index in [-0.39, 0.29) is 24.2 Å². The van der Waals surface area contributed by atoms with Gasteiger partial charge in [0.2, 0.25) is 0 Å². The maximum absolute atomic E-state index is 11.8. The third-order valence-corrected chi connectivity index (χ3v) is 5.57. The molecule has 0 aliphatic carbocycles. The minimum atomic E-state index is 0.0525. The zero-order valence-corrected chi connectivity index (χ0v) is 15.5. The number of piperazine rings is 1. The van der Waals surface area contributed by atoms with Crippen LogP contribution in [0.4, 0.5) is 16.4 Å². The van der Waals surface area contributed by atoms with E-state index in [1.54, 1.807) is 6.33 Å². The lowest BCUT2D eigenvalue weighted by Crippen LogP contribution is -2.52. The van der Waals surface area contributed by atoms with Gasteiger partial charge in [-0.1, -0.05) is 13.8 Å². The summed E-state index contributed by atoms with van der Waals surface area (Å²) < 4.78 is 5.97. The van der Waals surface area contributed by atoms with Crippen molar-refractivity contribution in [3.05, 3.63) is 12.4 Å². The van der Waals surface area contributed by atoms with Crippen LogP contribution in [0.5, 0.6) is 0 Å². The van der Waals surface area contributed by atoms with E-state index >= 15 is 0 Å². The Hall–Kier alpha value is -2.09. The van der Waals surface area contributed by atoms with E-state index in [1.807, 2.05) is 11.0 Å². The van der Waals surface area contributed by atoms with Crippen LogP contribution < -0.4 is 15.5 Å². The number of hydrogen-bond acceptors (Lipinski definition) is 6. The van der Waals surface area contributed by atoms with Crippen LogP contribution in [0.25, 0.3) is 0 Å². The Morgan fingerprint density at radius 3 is 3.08 bits per heavy atom. The molecule has 0 saturated carbocycles. The summed E-state index contributed by atoms with van der Waals surface area (Å²) in [7, 11) is 0. The second kappa shape index (κ2) is 7.26. The highest BCUT2D eigenvalue weighted by Gasteiger charge is 2.36. The van der Waals surface area contributed by atoms with Crippen LogP contribution in [0.15, 0.2) is 12.4 Å². The van der Waals surface area contributed by atoms with Crippen molar-refractivity contribution < 1.29 is 9.53 Å². The van der Waals surface area contributed by atoms with Crippen LogP contribution in [0.3, 0.4) is 0 Å². The quantitative estimate of drug-likeness (QED) is 0.842. The number of carbonyl (C=O) groups is 1. The molecule has 142 valence electrons. The van der Waals surface area contributed by atoms with E-state index < -0.39 is 0 Å². The molecule has 1 aromatic rings. The van der Waals surface area contributed by atoms with Crippen LogP contribution in [0.2, 0.25) is 0 Å². The predicted molar refractivity (Wildman–Crippen MR) is 99.4 cm³/mol. The number of anilines is 2. The first kappa shape index (κ1) is 17.3. The fourth-order valence-corrected chi connectivity index (χ4v) is 4.22. The highest BCUT2D eigenvalue weighted by atomic mass is 16.5. The Kier molecular flexibility index (Phi) is 4.84. The van der Waals surface area contributed by atoms with Crippen molar-refractivity contribution in [3.63, 3.8) is 0 Å². The van der Waals surface area contributed by atoms with E-state index in [2.05, 4.69) is 39.3 Å². The van der Waals surface area contributed by atoms with E-state index in [1.165, 1.54) is 0 Å². The molecular weight excluding hydrogens is 332 g/mol. The minimum absolute atomic E-state index is 0.0525. The average molecular weight is 360 g/mol. The summed E-state index contributed by atoms with van der Waals surface area (Å²) in [6.45, 7) is 8.28. The van der Waals surface area contributed by atoms with E-state index in [0.29, 0.717) is 12.5 Å². The molecule has 8 heteroatoms. The van der Waals surface area contributed by atoms with E-state index in [4.69, 9.17) is 4.74 Å². The summed E-state index contributed by atoms with van der Waals surface area (Å²) in [4.78, 5) is 24.8. The van der Waals surface area contributed by atoms with Gasteiger partial charge < -0.3 is 25.2 Å². The molecule has 3 saturated heterocycles. The molecule has 0 spiro atoms. The molecule has 2 amide bonds. The van der Waals surface area contributed by atoms with Gasteiger partial charge in [0.15, 0.2) is 0 Å². The normalized spacial score (nSPS) is 28.9. The van der Waals surface area contributed by atoms with Crippen LogP contribution in [0, 0.1) is 5.92 Å². The fraction of sp³-hybridized carbons (Fsp3) is 0.722. The zero-order valence-electron chi connectivity index (χ0n) is 15.5. The highest BCUT2D eigenvalue weighted by Crippen LogP contribution is 2.25. The molecule has 0 bridgehead atoms. The van der Waals surface area contributed by atoms with Gasteiger partial charge in [0, 0.05) is 38.9 Å². The largest absolute Gasteiger partial charge is 0.376 e. The third-order valence-electron chi connectivity index (χ3n) is 5.57. The summed E-state index contributed by atoms with van der Waals surface area (Å²) in [5.41, 5.74) is 0. The Balaban J connectivity index is 1.44. The Morgan fingerprint density at radius 1 is 1.35 bits per heavy atom. The molecule has 4 heterocycles. The number of aromatic nitrogens is 2. The standard InChI is InChI=1S/C18H28N6O2/c1-12(2)17-14(4-3-7-26-17)22-15-8-16(21-11-20-15)23-5-6-24-13(10-23)9-19-18(24)25/h8,11-14,17H,3-7,9-10H2,1-2H3,(H,19,25)(H,20,21,22). The monoisotopic (exact) mass is 360 g/mol. The summed E-state index contributed by atoms with van der Waals surface area (Å²) in [6, 6.07) is 2.57. The van der Waals surface area contributed by atoms with Crippen molar-refractivity contribution in [2.45, 2.75) is 44.9 Å². The Labute approximate surface area is 154 Å². The number of ether oxygens (including phenoxy) is 1. The van der Waals surface area contributed by atoms with Crippen molar-refractivity contribution in [2.75, 3.05) is 43.0 Å². The molecule has 0 aromatic carbocycles. The SMILES string of the molecule is CC(C)C1OCCCC1Nc1cc(N2CCN3C(=O)NCC3C2)ncn1. The summed E-state index contributed by atoms with van der Waals surface area (Å²) >= 11 is 0. The second-order valence-electron chi connectivity index (χ2n) is 7.71. The zero-order chi connectivity index (χ0) is 18.1. The highest BCUT2D eigenvalue weighted by molar-refractivity contribution is 5.77. The smallest absolute Gasteiger partial charge is 0.317 e. The van der Waals surface area contributed by atoms with Crippen molar-refractivity contribution in [1.29, 1.82) is 0 Å². The van der Waals surface area contributed by atoms with Crippen molar-refractivity contribution in [1.82, 2.24) is 20.2 Å². The molecule has 26 heavy (non-hydrogen) atoms. The average Bonchev–Trinajstić information content (AvgIpc) is 3.03. The Morgan fingerprint density at radius 2 is 2.23 bits per heavy atom. The molecule has 8 nitrogen and oxygen atoms in total. The van der Waals surface area contributed by atoms with E-state index in [0.717, 1.165) is 50.7 Å². The molecule has 2 N–H and O–H groups in total. The number of nitrogens with one attached hydrogen (secondary N) is 2. The van der Waals surface area contributed by atoms with Crippen LogP contribution in [-0.4, -0.2) is 71.9 Å². The summed E-state index contributed by atoms with van der Waals surface area (Å²) in [5.74, 6) is 2.23.